The van der Waals surface area contributed by atoms with Crippen molar-refractivity contribution in [3.63, 3.8) is 0 Å². The lowest BCUT2D eigenvalue weighted by atomic mass is 10.0. The van der Waals surface area contributed by atoms with Gasteiger partial charge in [0.1, 0.15) is 18.5 Å². The number of likely N-dealkylation sites (N-methyl/N-ethyl adjacent to an activating group) is 1. The molecule has 0 bridgehead atoms. The van der Waals surface area contributed by atoms with Crippen molar-refractivity contribution in [2.75, 3.05) is 27.2 Å². The van der Waals surface area contributed by atoms with Gasteiger partial charge in [-0.15, -0.1) is 0 Å². The normalized spacial score (nSPS) is 12.3. The molecule has 25 heavy (non-hydrogen) atoms. The molecule has 0 saturated carbocycles. The Kier molecular flexibility index (Phi) is 8.50. The fourth-order valence-corrected chi connectivity index (χ4v) is 2.98. The SMILES string of the molecule is CN(C)CC(O)COc1ccccc1CCCCCc1ccccc1. The number of nitrogens with zero attached hydrogens (tertiary/aromatic N) is 1. The number of rotatable bonds is 11. The predicted octanol–water partition coefficient (Wildman–Crippen LogP) is 3.94. The van der Waals surface area contributed by atoms with Gasteiger partial charge in [0.25, 0.3) is 0 Å². The molecule has 0 aliphatic carbocycles. The molecule has 0 amide bonds. The molecule has 3 heteroatoms. The second-order valence-electron chi connectivity index (χ2n) is 6.88. The molecule has 3 nitrogen and oxygen atoms in total. The summed E-state index contributed by atoms with van der Waals surface area (Å²) in [6.07, 6.45) is 5.30. The summed E-state index contributed by atoms with van der Waals surface area (Å²) in [6, 6.07) is 18.9. The summed E-state index contributed by atoms with van der Waals surface area (Å²) in [5.74, 6) is 0.906. The van der Waals surface area contributed by atoms with Crippen molar-refractivity contribution in [1.29, 1.82) is 0 Å². The van der Waals surface area contributed by atoms with Crippen LogP contribution < -0.4 is 4.74 Å². The number of hydrogen-bond donors (Lipinski definition) is 1. The van der Waals surface area contributed by atoms with Gasteiger partial charge in [0.2, 0.25) is 0 Å². The summed E-state index contributed by atoms with van der Waals surface area (Å²) < 4.78 is 5.85. The first-order valence-corrected chi connectivity index (χ1v) is 9.22. The lowest BCUT2D eigenvalue weighted by Gasteiger charge is -2.18. The Morgan fingerprint density at radius 2 is 1.56 bits per heavy atom. The van der Waals surface area contributed by atoms with Crippen LogP contribution in [-0.2, 0) is 12.8 Å². The van der Waals surface area contributed by atoms with Crippen molar-refractivity contribution >= 4 is 0 Å². The van der Waals surface area contributed by atoms with Gasteiger partial charge < -0.3 is 14.7 Å². The highest BCUT2D eigenvalue weighted by Gasteiger charge is 2.09. The minimum atomic E-state index is -0.464. The van der Waals surface area contributed by atoms with Crippen molar-refractivity contribution in [2.24, 2.45) is 0 Å². The van der Waals surface area contributed by atoms with E-state index in [1.54, 1.807) is 0 Å². The van der Waals surface area contributed by atoms with Gasteiger partial charge in [-0.25, -0.2) is 0 Å². The van der Waals surface area contributed by atoms with E-state index >= 15 is 0 Å². The van der Waals surface area contributed by atoms with E-state index < -0.39 is 6.10 Å². The predicted molar refractivity (Wildman–Crippen MR) is 104 cm³/mol. The van der Waals surface area contributed by atoms with Crippen LogP contribution in [0.5, 0.6) is 5.75 Å². The summed E-state index contributed by atoms with van der Waals surface area (Å²) in [5, 5.41) is 9.96. The van der Waals surface area contributed by atoms with Crippen LogP contribution in [-0.4, -0.2) is 43.4 Å². The smallest absolute Gasteiger partial charge is 0.122 e. The second kappa shape index (κ2) is 10.9. The van der Waals surface area contributed by atoms with Crippen LogP contribution in [0.15, 0.2) is 54.6 Å². The molecule has 0 fully saturated rings. The average Bonchev–Trinajstić information content (AvgIpc) is 2.61. The van der Waals surface area contributed by atoms with Gasteiger partial charge in [-0.2, -0.15) is 0 Å². The van der Waals surface area contributed by atoms with Crippen LogP contribution >= 0.6 is 0 Å². The molecule has 1 unspecified atom stereocenters. The van der Waals surface area contributed by atoms with Crippen molar-refractivity contribution in [3.8, 4) is 5.75 Å². The van der Waals surface area contributed by atoms with E-state index in [4.69, 9.17) is 4.74 Å². The average molecular weight is 341 g/mol. The van der Waals surface area contributed by atoms with Crippen molar-refractivity contribution in [2.45, 2.75) is 38.2 Å². The summed E-state index contributed by atoms with van der Waals surface area (Å²) >= 11 is 0. The summed E-state index contributed by atoms with van der Waals surface area (Å²) in [5.41, 5.74) is 2.65. The first-order valence-electron chi connectivity index (χ1n) is 9.22. The number of hydrogen-bond acceptors (Lipinski definition) is 3. The highest BCUT2D eigenvalue weighted by atomic mass is 16.5. The molecule has 0 aromatic heterocycles. The number of aryl methyl sites for hydroxylation is 2. The fraction of sp³-hybridized carbons (Fsp3) is 0.455. The van der Waals surface area contributed by atoms with E-state index in [1.165, 1.54) is 24.0 Å². The largest absolute Gasteiger partial charge is 0.491 e. The van der Waals surface area contributed by atoms with Crippen LogP contribution in [0.3, 0.4) is 0 Å². The number of ether oxygens (including phenoxy) is 1. The molecule has 0 aliphatic heterocycles. The molecular weight excluding hydrogens is 310 g/mol. The zero-order chi connectivity index (χ0) is 17.9. The Labute approximate surface area is 152 Å². The van der Waals surface area contributed by atoms with Crippen LogP contribution in [0.2, 0.25) is 0 Å². The van der Waals surface area contributed by atoms with E-state index in [-0.39, 0.29) is 0 Å². The molecule has 0 saturated heterocycles. The van der Waals surface area contributed by atoms with E-state index in [0.717, 1.165) is 25.0 Å². The third-order valence-corrected chi connectivity index (χ3v) is 4.23. The molecule has 1 atom stereocenters. The third kappa shape index (κ3) is 7.72. The Morgan fingerprint density at radius 1 is 0.880 bits per heavy atom. The number of aliphatic hydroxyl groups is 1. The van der Waals surface area contributed by atoms with Crippen LogP contribution in [0, 0.1) is 0 Å². The summed E-state index contributed by atoms with van der Waals surface area (Å²) in [6.45, 7) is 0.949. The molecule has 0 aliphatic rings. The zero-order valence-electron chi connectivity index (χ0n) is 15.5. The van der Waals surface area contributed by atoms with E-state index in [2.05, 4.69) is 42.5 Å². The molecule has 0 spiro atoms. The molecule has 0 heterocycles. The second-order valence-corrected chi connectivity index (χ2v) is 6.88. The Hall–Kier alpha value is -1.84. The van der Waals surface area contributed by atoms with E-state index in [9.17, 15) is 5.11 Å². The standard InChI is InChI=1S/C22H31NO2/c1-23(2)17-21(24)18-25-22-16-10-9-15-20(22)14-8-4-7-13-19-11-5-3-6-12-19/h3,5-6,9-12,15-16,21,24H,4,7-8,13-14,17-18H2,1-2H3. The molecule has 2 aromatic carbocycles. The van der Waals surface area contributed by atoms with Gasteiger partial charge in [-0.05, 0) is 57.0 Å². The molecule has 2 aromatic rings. The lowest BCUT2D eigenvalue weighted by Crippen LogP contribution is -2.30. The minimum absolute atomic E-state index is 0.337. The van der Waals surface area contributed by atoms with Gasteiger partial charge in [0.15, 0.2) is 0 Å². The number of aliphatic hydroxyl groups excluding tert-OH is 1. The molecule has 0 radical (unpaired) electrons. The van der Waals surface area contributed by atoms with Gasteiger partial charge in [-0.3, -0.25) is 0 Å². The molecule has 1 N–H and O–H groups in total. The highest BCUT2D eigenvalue weighted by Crippen LogP contribution is 2.21. The van der Waals surface area contributed by atoms with E-state index in [0.29, 0.717) is 13.2 Å². The maximum atomic E-state index is 9.96. The Morgan fingerprint density at radius 3 is 2.32 bits per heavy atom. The lowest BCUT2D eigenvalue weighted by molar-refractivity contribution is 0.0827. The van der Waals surface area contributed by atoms with Gasteiger partial charge in [0, 0.05) is 6.54 Å². The van der Waals surface area contributed by atoms with E-state index in [1.807, 2.05) is 31.1 Å². The molecule has 136 valence electrons. The van der Waals surface area contributed by atoms with Crippen LogP contribution in [0.25, 0.3) is 0 Å². The first-order chi connectivity index (χ1) is 12.1. The zero-order valence-corrected chi connectivity index (χ0v) is 15.5. The Bertz CT molecular complexity index is 598. The van der Waals surface area contributed by atoms with Crippen molar-refractivity contribution < 1.29 is 9.84 Å². The van der Waals surface area contributed by atoms with Gasteiger partial charge in [0.05, 0.1) is 0 Å². The van der Waals surface area contributed by atoms with Gasteiger partial charge >= 0.3 is 0 Å². The van der Waals surface area contributed by atoms with Crippen LogP contribution in [0.4, 0.5) is 0 Å². The first kappa shape index (κ1) is 19.5. The van der Waals surface area contributed by atoms with Crippen LogP contribution in [0.1, 0.15) is 30.4 Å². The summed E-state index contributed by atoms with van der Waals surface area (Å²) in [7, 11) is 3.90. The fourth-order valence-electron chi connectivity index (χ4n) is 2.98. The number of unbranched alkanes of at least 4 members (excludes halogenated alkanes) is 2. The van der Waals surface area contributed by atoms with Gasteiger partial charge in [-0.1, -0.05) is 55.0 Å². The monoisotopic (exact) mass is 341 g/mol. The maximum Gasteiger partial charge on any atom is 0.122 e. The van der Waals surface area contributed by atoms with Crippen molar-refractivity contribution in [3.05, 3.63) is 65.7 Å². The molecular formula is C22H31NO2. The third-order valence-electron chi connectivity index (χ3n) is 4.23. The minimum Gasteiger partial charge on any atom is -0.491 e. The molecule has 2 rings (SSSR count). The quantitative estimate of drug-likeness (QED) is 0.628. The number of benzene rings is 2. The summed E-state index contributed by atoms with van der Waals surface area (Å²) in [4.78, 5) is 1.96. The highest BCUT2D eigenvalue weighted by molar-refractivity contribution is 5.33. The topological polar surface area (TPSA) is 32.7 Å². The maximum absolute atomic E-state index is 9.96. The Balaban J connectivity index is 1.72. The van der Waals surface area contributed by atoms with Crippen molar-refractivity contribution in [1.82, 2.24) is 4.90 Å². The number of para-hydroxylation sites is 1.